The summed E-state index contributed by atoms with van der Waals surface area (Å²) in [5.74, 6) is 0.871. The third-order valence-corrected chi connectivity index (χ3v) is 5.28. The molecule has 2 aromatic rings. The number of ether oxygens (including phenoxy) is 2. The molecular weight excluding hydrogens is 302 g/mol. The summed E-state index contributed by atoms with van der Waals surface area (Å²) in [6.07, 6.45) is 3.96. The van der Waals surface area contributed by atoms with Crippen LogP contribution in [-0.2, 0) is 22.4 Å². The van der Waals surface area contributed by atoms with Crippen LogP contribution in [0.4, 0.5) is 5.69 Å². The van der Waals surface area contributed by atoms with Crippen molar-refractivity contribution in [3.8, 4) is 0 Å². The van der Waals surface area contributed by atoms with E-state index in [0.29, 0.717) is 0 Å². The van der Waals surface area contributed by atoms with Gasteiger partial charge in [0.1, 0.15) is 11.3 Å². The number of imidazole rings is 1. The largest absolute Gasteiger partial charge is 0.369 e. The van der Waals surface area contributed by atoms with Gasteiger partial charge in [-0.25, -0.2) is 4.98 Å². The molecule has 4 rings (SSSR count). The van der Waals surface area contributed by atoms with Gasteiger partial charge in [0.15, 0.2) is 5.79 Å². The topological polar surface area (TPSA) is 39.5 Å². The molecule has 0 amide bonds. The Morgan fingerprint density at radius 3 is 2.54 bits per heavy atom. The molecule has 24 heavy (non-hydrogen) atoms. The number of hydrogen-bond acceptors (Lipinski definition) is 4. The van der Waals surface area contributed by atoms with Crippen LogP contribution in [0.15, 0.2) is 18.2 Å². The Bertz CT molecular complexity index is 709. The van der Waals surface area contributed by atoms with Crippen LogP contribution >= 0.6 is 0 Å². The first-order chi connectivity index (χ1) is 11.8. The highest BCUT2D eigenvalue weighted by Gasteiger charge is 2.40. The van der Waals surface area contributed by atoms with E-state index in [0.717, 1.165) is 64.0 Å². The first kappa shape index (κ1) is 15.9. The van der Waals surface area contributed by atoms with Gasteiger partial charge in [0, 0.05) is 38.9 Å². The van der Waals surface area contributed by atoms with Gasteiger partial charge < -0.3 is 18.9 Å². The van der Waals surface area contributed by atoms with E-state index in [-0.39, 0.29) is 5.79 Å². The standard InChI is InChI=1S/C19H27N3O2/c1-3-10-22-16-7-5-6-15(18(16)20-17(22)4-2)21-11-8-19(9-12-21)23-13-14-24-19/h5-7H,3-4,8-14H2,1-2H3. The van der Waals surface area contributed by atoms with Crippen LogP contribution in [0, 0.1) is 0 Å². The van der Waals surface area contributed by atoms with Gasteiger partial charge in [-0.2, -0.15) is 0 Å². The predicted octanol–water partition coefficient (Wildman–Crippen LogP) is 3.35. The molecule has 0 saturated carbocycles. The van der Waals surface area contributed by atoms with Crippen LogP contribution < -0.4 is 4.90 Å². The molecule has 2 aliphatic rings. The Hall–Kier alpha value is -1.59. The van der Waals surface area contributed by atoms with Gasteiger partial charge >= 0.3 is 0 Å². The molecule has 5 heteroatoms. The summed E-state index contributed by atoms with van der Waals surface area (Å²) in [5.41, 5.74) is 3.66. The number of aryl methyl sites for hydroxylation is 2. The van der Waals surface area contributed by atoms with Crippen molar-refractivity contribution >= 4 is 16.7 Å². The van der Waals surface area contributed by atoms with Crippen LogP contribution in [0.25, 0.3) is 11.0 Å². The Morgan fingerprint density at radius 1 is 1.12 bits per heavy atom. The summed E-state index contributed by atoms with van der Waals surface area (Å²) in [7, 11) is 0. The number of nitrogens with zero attached hydrogens (tertiary/aromatic N) is 3. The van der Waals surface area contributed by atoms with Gasteiger partial charge in [-0.15, -0.1) is 0 Å². The maximum atomic E-state index is 5.86. The molecule has 2 saturated heterocycles. The molecule has 0 atom stereocenters. The van der Waals surface area contributed by atoms with Crippen LogP contribution in [0.5, 0.6) is 0 Å². The lowest BCUT2D eigenvalue weighted by atomic mass is 10.0. The first-order valence-corrected chi connectivity index (χ1v) is 9.27. The molecule has 3 heterocycles. The predicted molar refractivity (Wildman–Crippen MR) is 95.5 cm³/mol. The van der Waals surface area contributed by atoms with E-state index in [4.69, 9.17) is 14.5 Å². The smallest absolute Gasteiger partial charge is 0.171 e. The molecule has 0 bridgehead atoms. The SMILES string of the molecule is CCCn1c(CC)nc2c(N3CCC4(CC3)OCCO4)cccc21. The normalized spacial score (nSPS) is 20.3. The van der Waals surface area contributed by atoms with Gasteiger partial charge in [0.25, 0.3) is 0 Å². The minimum atomic E-state index is -0.319. The fourth-order valence-corrected chi connectivity index (χ4v) is 4.05. The van der Waals surface area contributed by atoms with E-state index in [2.05, 4.69) is 41.5 Å². The Kier molecular flexibility index (Phi) is 4.22. The Balaban J connectivity index is 1.65. The monoisotopic (exact) mass is 329 g/mol. The summed E-state index contributed by atoms with van der Waals surface area (Å²) in [4.78, 5) is 7.42. The zero-order valence-electron chi connectivity index (χ0n) is 14.8. The third-order valence-electron chi connectivity index (χ3n) is 5.28. The number of fused-ring (bicyclic) bond motifs is 1. The quantitative estimate of drug-likeness (QED) is 0.862. The number of aromatic nitrogens is 2. The maximum absolute atomic E-state index is 5.86. The third kappa shape index (κ3) is 2.60. The van der Waals surface area contributed by atoms with Crippen molar-refractivity contribution in [3.63, 3.8) is 0 Å². The average molecular weight is 329 g/mol. The fraction of sp³-hybridized carbons (Fsp3) is 0.632. The molecule has 0 radical (unpaired) electrons. The molecule has 2 aliphatic heterocycles. The van der Waals surface area contributed by atoms with Gasteiger partial charge in [0.05, 0.1) is 24.4 Å². The van der Waals surface area contributed by atoms with Gasteiger partial charge in [-0.05, 0) is 18.6 Å². The van der Waals surface area contributed by atoms with Crippen LogP contribution in [-0.4, -0.2) is 41.6 Å². The maximum Gasteiger partial charge on any atom is 0.171 e. The molecule has 1 spiro atoms. The highest BCUT2D eigenvalue weighted by Crippen LogP contribution is 2.35. The molecular formula is C19H27N3O2. The van der Waals surface area contributed by atoms with E-state index in [1.807, 2.05) is 0 Å². The zero-order chi connectivity index (χ0) is 16.6. The second kappa shape index (κ2) is 6.37. The zero-order valence-corrected chi connectivity index (χ0v) is 14.8. The lowest BCUT2D eigenvalue weighted by Gasteiger charge is -2.38. The van der Waals surface area contributed by atoms with Crippen molar-refractivity contribution in [2.24, 2.45) is 0 Å². The number of piperidine rings is 1. The lowest BCUT2D eigenvalue weighted by molar-refractivity contribution is -0.169. The second-order valence-electron chi connectivity index (χ2n) is 6.77. The Labute approximate surface area is 143 Å². The van der Waals surface area contributed by atoms with E-state index >= 15 is 0 Å². The molecule has 1 aromatic carbocycles. The number of anilines is 1. The summed E-state index contributed by atoms with van der Waals surface area (Å²) < 4.78 is 14.1. The van der Waals surface area contributed by atoms with E-state index in [9.17, 15) is 0 Å². The summed E-state index contributed by atoms with van der Waals surface area (Å²) in [6.45, 7) is 8.83. The molecule has 0 unspecified atom stereocenters. The summed E-state index contributed by atoms with van der Waals surface area (Å²) in [6, 6.07) is 6.58. The fourth-order valence-electron chi connectivity index (χ4n) is 4.05. The number of rotatable bonds is 4. The van der Waals surface area contributed by atoms with Crippen LogP contribution in [0.2, 0.25) is 0 Å². The van der Waals surface area contributed by atoms with Crippen molar-refractivity contribution in [1.29, 1.82) is 0 Å². The summed E-state index contributed by atoms with van der Waals surface area (Å²) >= 11 is 0. The van der Waals surface area contributed by atoms with Crippen molar-refractivity contribution in [2.75, 3.05) is 31.2 Å². The minimum Gasteiger partial charge on any atom is -0.369 e. The molecule has 0 N–H and O–H groups in total. The first-order valence-electron chi connectivity index (χ1n) is 9.27. The molecule has 1 aromatic heterocycles. The van der Waals surface area contributed by atoms with E-state index < -0.39 is 0 Å². The number of hydrogen-bond donors (Lipinski definition) is 0. The second-order valence-corrected chi connectivity index (χ2v) is 6.77. The highest BCUT2D eigenvalue weighted by atomic mass is 16.7. The molecule has 2 fully saturated rings. The van der Waals surface area contributed by atoms with Crippen molar-refractivity contribution in [1.82, 2.24) is 9.55 Å². The van der Waals surface area contributed by atoms with Crippen LogP contribution in [0.1, 0.15) is 38.9 Å². The molecule has 0 aliphatic carbocycles. The average Bonchev–Trinajstić information content (AvgIpc) is 3.21. The van der Waals surface area contributed by atoms with Crippen molar-refractivity contribution < 1.29 is 9.47 Å². The molecule has 130 valence electrons. The van der Waals surface area contributed by atoms with Gasteiger partial charge in [-0.3, -0.25) is 0 Å². The van der Waals surface area contributed by atoms with Gasteiger partial charge in [0.2, 0.25) is 0 Å². The van der Waals surface area contributed by atoms with Crippen molar-refractivity contribution in [3.05, 3.63) is 24.0 Å². The Morgan fingerprint density at radius 2 is 1.88 bits per heavy atom. The minimum absolute atomic E-state index is 0.319. The van der Waals surface area contributed by atoms with E-state index in [1.54, 1.807) is 0 Å². The van der Waals surface area contributed by atoms with Crippen molar-refractivity contribution in [2.45, 2.75) is 51.9 Å². The number of benzene rings is 1. The number of para-hydroxylation sites is 1. The van der Waals surface area contributed by atoms with E-state index in [1.165, 1.54) is 17.0 Å². The van der Waals surface area contributed by atoms with Gasteiger partial charge in [-0.1, -0.05) is 19.9 Å². The van der Waals surface area contributed by atoms with Crippen LogP contribution in [0.3, 0.4) is 0 Å². The lowest BCUT2D eigenvalue weighted by Crippen LogP contribution is -2.45. The highest BCUT2D eigenvalue weighted by molar-refractivity contribution is 5.89. The molecule has 5 nitrogen and oxygen atoms in total. The summed E-state index contributed by atoms with van der Waals surface area (Å²) in [5, 5.41) is 0.